The first-order valence-electron chi connectivity index (χ1n) is 4.30. The summed E-state index contributed by atoms with van der Waals surface area (Å²) in [5.41, 5.74) is 1.80. The third-order valence-electron chi connectivity index (χ3n) is 2.71. The maximum atomic E-state index is 10.7. The average Bonchev–Trinajstić information content (AvgIpc) is 2.45. The van der Waals surface area contributed by atoms with Gasteiger partial charge in [-0.2, -0.15) is 0 Å². The highest BCUT2D eigenvalue weighted by molar-refractivity contribution is 5.76. The summed E-state index contributed by atoms with van der Waals surface area (Å²) in [6, 6.07) is 0. The van der Waals surface area contributed by atoms with Crippen molar-refractivity contribution < 1.29 is 9.59 Å². The van der Waals surface area contributed by atoms with Crippen LogP contribution in [0, 0.1) is 11.8 Å². The van der Waals surface area contributed by atoms with Gasteiger partial charge in [-0.25, -0.2) is 0 Å². The number of carbonyl (C=O) groups is 2. The summed E-state index contributed by atoms with van der Waals surface area (Å²) in [6.07, 6.45) is 3.77. The fraction of sp³-hybridized carbons (Fsp3) is 0.600. The van der Waals surface area contributed by atoms with E-state index in [0.29, 0.717) is 5.92 Å². The van der Waals surface area contributed by atoms with Crippen LogP contribution in [0.4, 0.5) is 0 Å². The Balaban J connectivity index is 2.93. The molecule has 0 bridgehead atoms. The van der Waals surface area contributed by atoms with Crippen molar-refractivity contribution in [3.8, 4) is 0 Å². The van der Waals surface area contributed by atoms with Crippen LogP contribution < -0.4 is 0 Å². The first kappa shape index (κ1) is 9.17. The fourth-order valence-electron chi connectivity index (χ4n) is 1.82. The van der Waals surface area contributed by atoms with Crippen molar-refractivity contribution in [1.82, 2.24) is 0 Å². The van der Waals surface area contributed by atoms with Crippen molar-refractivity contribution in [3.05, 3.63) is 11.1 Å². The van der Waals surface area contributed by atoms with Crippen LogP contribution in [0.25, 0.3) is 0 Å². The van der Waals surface area contributed by atoms with E-state index in [1.54, 1.807) is 6.92 Å². The monoisotopic (exact) mass is 166 g/mol. The summed E-state index contributed by atoms with van der Waals surface area (Å²) in [5, 5.41) is 0. The van der Waals surface area contributed by atoms with Gasteiger partial charge in [0.15, 0.2) is 0 Å². The third kappa shape index (κ3) is 1.47. The molecule has 1 rings (SSSR count). The van der Waals surface area contributed by atoms with Gasteiger partial charge < -0.3 is 4.79 Å². The molecule has 0 radical (unpaired) electrons. The highest BCUT2D eigenvalue weighted by Crippen LogP contribution is 2.36. The van der Waals surface area contributed by atoms with Crippen LogP contribution >= 0.6 is 0 Å². The topological polar surface area (TPSA) is 34.1 Å². The maximum Gasteiger partial charge on any atom is 0.145 e. The molecule has 0 saturated heterocycles. The summed E-state index contributed by atoms with van der Waals surface area (Å²) in [7, 11) is 0. The van der Waals surface area contributed by atoms with Crippen LogP contribution in [0.3, 0.4) is 0 Å². The van der Waals surface area contributed by atoms with Crippen molar-refractivity contribution in [2.75, 3.05) is 0 Å². The van der Waals surface area contributed by atoms with Gasteiger partial charge in [-0.05, 0) is 31.3 Å². The molecule has 2 atom stereocenters. The molecule has 1 saturated carbocycles. The minimum absolute atomic E-state index is 0.00444. The molecular weight excluding hydrogens is 152 g/mol. The fourth-order valence-corrected chi connectivity index (χ4v) is 1.82. The molecule has 0 aromatic carbocycles. The summed E-state index contributed by atoms with van der Waals surface area (Å²) in [6.45, 7) is 3.85. The average molecular weight is 166 g/mol. The number of hydrogen-bond donors (Lipinski definition) is 0. The van der Waals surface area contributed by atoms with Crippen molar-refractivity contribution in [1.29, 1.82) is 0 Å². The van der Waals surface area contributed by atoms with E-state index in [1.165, 1.54) is 0 Å². The summed E-state index contributed by atoms with van der Waals surface area (Å²) < 4.78 is 0. The van der Waals surface area contributed by atoms with Gasteiger partial charge in [0.05, 0.1) is 0 Å². The standard InChI is InChI=1S/C10H14O2/c1-7-3-4-9(8(2)5-11)10(7)6-12/h5-7,10H,3-4H2,1-2H3/b9-8-/t7-,10+/m0/s1. The zero-order valence-corrected chi connectivity index (χ0v) is 7.54. The van der Waals surface area contributed by atoms with Crippen LogP contribution in [0.1, 0.15) is 26.7 Å². The van der Waals surface area contributed by atoms with Crippen LogP contribution in [0.2, 0.25) is 0 Å². The van der Waals surface area contributed by atoms with E-state index in [9.17, 15) is 9.59 Å². The number of rotatable bonds is 2. The summed E-state index contributed by atoms with van der Waals surface area (Å²) in [4.78, 5) is 21.2. The predicted molar refractivity (Wildman–Crippen MR) is 46.7 cm³/mol. The summed E-state index contributed by atoms with van der Waals surface area (Å²) in [5.74, 6) is 0.405. The number of allylic oxidation sites excluding steroid dienone is 2. The Bertz CT molecular complexity index is 228. The Morgan fingerprint density at radius 2 is 2.17 bits per heavy atom. The third-order valence-corrected chi connectivity index (χ3v) is 2.71. The Morgan fingerprint density at radius 3 is 2.67 bits per heavy atom. The van der Waals surface area contributed by atoms with Gasteiger partial charge >= 0.3 is 0 Å². The molecule has 0 amide bonds. The zero-order valence-electron chi connectivity index (χ0n) is 7.54. The smallest absolute Gasteiger partial charge is 0.145 e. The molecule has 0 heterocycles. The van der Waals surface area contributed by atoms with Crippen LogP contribution in [0.5, 0.6) is 0 Å². The van der Waals surface area contributed by atoms with Crippen LogP contribution in [-0.2, 0) is 9.59 Å². The molecule has 1 aliphatic carbocycles. The second-order valence-corrected chi connectivity index (χ2v) is 3.50. The largest absolute Gasteiger partial charge is 0.303 e. The first-order valence-corrected chi connectivity index (χ1v) is 4.30. The second-order valence-electron chi connectivity index (χ2n) is 3.50. The lowest BCUT2D eigenvalue weighted by atomic mass is 9.94. The lowest BCUT2D eigenvalue weighted by molar-refractivity contribution is -0.110. The van der Waals surface area contributed by atoms with Crippen molar-refractivity contribution >= 4 is 12.6 Å². The lowest BCUT2D eigenvalue weighted by Gasteiger charge is -2.09. The molecule has 0 spiro atoms. The molecular formula is C10H14O2. The molecule has 2 heteroatoms. The molecule has 1 fully saturated rings. The minimum Gasteiger partial charge on any atom is -0.303 e. The number of hydrogen-bond acceptors (Lipinski definition) is 2. The van der Waals surface area contributed by atoms with E-state index in [1.807, 2.05) is 0 Å². The first-order chi connectivity index (χ1) is 5.70. The lowest BCUT2D eigenvalue weighted by Crippen LogP contribution is -2.08. The van der Waals surface area contributed by atoms with E-state index >= 15 is 0 Å². The molecule has 12 heavy (non-hydrogen) atoms. The van der Waals surface area contributed by atoms with E-state index in [4.69, 9.17) is 0 Å². The van der Waals surface area contributed by atoms with Gasteiger partial charge in [0.25, 0.3) is 0 Å². The predicted octanol–water partition coefficient (Wildman–Crippen LogP) is 1.75. The minimum atomic E-state index is -0.00444. The van der Waals surface area contributed by atoms with E-state index in [-0.39, 0.29) is 5.92 Å². The quantitative estimate of drug-likeness (QED) is 0.462. The Morgan fingerprint density at radius 1 is 1.50 bits per heavy atom. The Kier molecular flexibility index (Phi) is 2.79. The van der Waals surface area contributed by atoms with Gasteiger partial charge in [0.1, 0.15) is 12.6 Å². The molecule has 0 unspecified atom stereocenters. The van der Waals surface area contributed by atoms with E-state index in [2.05, 4.69) is 6.92 Å². The van der Waals surface area contributed by atoms with Crippen LogP contribution in [-0.4, -0.2) is 12.6 Å². The van der Waals surface area contributed by atoms with Crippen molar-refractivity contribution in [2.24, 2.45) is 11.8 Å². The van der Waals surface area contributed by atoms with Crippen LogP contribution in [0.15, 0.2) is 11.1 Å². The van der Waals surface area contributed by atoms with Gasteiger partial charge in [-0.15, -0.1) is 0 Å². The SMILES string of the molecule is C/C(C=O)=C1\CC[C@H](C)[C@H]1C=O. The highest BCUT2D eigenvalue weighted by atomic mass is 16.1. The van der Waals surface area contributed by atoms with Gasteiger partial charge in [0, 0.05) is 5.92 Å². The molecule has 66 valence electrons. The van der Waals surface area contributed by atoms with E-state index < -0.39 is 0 Å². The molecule has 1 aliphatic rings. The Hall–Kier alpha value is -0.920. The normalized spacial score (nSPS) is 33.2. The van der Waals surface area contributed by atoms with Crippen molar-refractivity contribution in [3.63, 3.8) is 0 Å². The van der Waals surface area contributed by atoms with Gasteiger partial charge in [0.2, 0.25) is 0 Å². The van der Waals surface area contributed by atoms with Gasteiger partial charge in [-0.3, -0.25) is 4.79 Å². The second kappa shape index (κ2) is 3.65. The highest BCUT2D eigenvalue weighted by Gasteiger charge is 2.28. The number of aldehydes is 2. The number of carbonyl (C=O) groups excluding carboxylic acids is 2. The van der Waals surface area contributed by atoms with E-state index in [0.717, 1.165) is 36.6 Å². The molecule has 2 nitrogen and oxygen atoms in total. The zero-order chi connectivity index (χ0) is 9.14. The van der Waals surface area contributed by atoms with Gasteiger partial charge in [-0.1, -0.05) is 12.5 Å². The Labute approximate surface area is 72.7 Å². The summed E-state index contributed by atoms with van der Waals surface area (Å²) >= 11 is 0. The van der Waals surface area contributed by atoms with Crippen molar-refractivity contribution in [2.45, 2.75) is 26.7 Å². The molecule has 0 aromatic rings. The molecule has 0 N–H and O–H groups in total. The maximum absolute atomic E-state index is 10.7. The molecule has 0 aliphatic heterocycles. The molecule has 0 aromatic heterocycles.